The SMILES string of the molecule is O=C(Cc1ccc([C@H]2CNCCO2)cc1Cl)c1ccn(-c2ccc(F)cc2)n1. The number of benzene rings is 2. The molecule has 0 bridgehead atoms. The summed E-state index contributed by atoms with van der Waals surface area (Å²) >= 11 is 6.41. The number of carbonyl (C=O) groups excluding carboxylic acids is 1. The van der Waals surface area contributed by atoms with Crippen LogP contribution in [0.2, 0.25) is 5.02 Å². The Labute approximate surface area is 167 Å². The average Bonchev–Trinajstić information content (AvgIpc) is 3.21. The van der Waals surface area contributed by atoms with Crippen molar-refractivity contribution in [3.05, 3.63) is 82.4 Å². The number of morpholine rings is 1. The minimum Gasteiger partial charge on any atom is -0.371 e. The maximum absolute atomic E-state index is 13.1. The zero-order valence-corrected chi connectivity index (χ0v) is 15.8. The first-order valence-electron chi connectivity index (χ1n) is 9.05. The lowest BCUT2D eigenvalue weighted by Crippen LogP contribution is -2.33. The van der Waals surface area contributed by atoms with E-state index in [1.165, 1.54) is 12.1 Å². The zero-order chi connectivity index (χ0) is 19.5. The van der Waals surface area contributed by atoms with Crippen LogP contribution in [0, 0.1) is 5.82 Å². The van der Waals surface area contributed by atoms with Crippen LogP contribution >= 0.6 is 11.6 Å². The van der Waals surface area contributed by atoms with Gasteiger partial charge >= 0.3 is 0 Å². The molecule has 1 atom stereocenters. The molecule has 0 radical (unpaired) electrons. The van der Waals surface area contributed by atoms with Gasteiger partial charge in [-0.25, -0.2) is 9.07 Å². The third kappa shape index (κ3) is 4.14. The highest BCUT2D eigenvalue weighted by molar-refractivity contribution is 6.31. The van der Waals surface area contributed by atoms with Crippen LogP contribution in [0.4, 0.5) is 4.39 Å². The van der Waals surface area contributed by atoms with Gasteiger partial charge in [-0.15, -0.1) is 0 Å². The van der Waals surface area contributed by atoms with E-state index in [1.807, 2.05) is 18.2 Å². The highest BCUT2D eigenvalue weighted by Crippen LogP contribution is 2.26. The van der Waals surface area contributed by atoms with E-state index in [0.717, 1.165) is 24.2 Å². The summed E-state index contributed by atoms with van der Waals surface area (Å²) in [5.74, 6) is -0.453. The van der Waals surface area contributed by atoms with Gasteiger partial charge in [-0.2, -0.15) is 5.10 Å². The van der Waals surface area contributed by atoms with Crippen LogP contribution in [-0.4, -0.2) is 35.3 Å². The van der Waals surface area contributed by atoms with Crippen molar-refractivity contribution in [3.63, 3.8) is 0 Å². The Kier molecular flexibility index (Phi) is 5.52. The number of nitrogens with zero attached hydrogens (tertiary/aromatic N) is 2. The predicted molar refractivity (Wildman–Crippen MR) is 105 cm³/mol. The summed E-state index contributed by atoms with van der Waals surface area (Å²) < 4.78 is 20.3. The molecule has 0 spiro atoms. The molecule has 2 aromatic carbocycles. The normalized spacial score (nSPS) is 16.9. The fraction of sp³-hybridized carbons (Fsp3) is 0.238. The summed E-state index contributed by atoms with van der Waals surface area (Å²) in [5, 5.41) is 8.13. The van der Waals surface area contributed by atoms with Crippen LogP contribution in [0.1, 0.15) is 27.7 Å². The lowest BCUT2D eigenvalue weighted by Gasteiger charge is -2.24. The molecule has 3 aromatic rings. The molecule has 1 saturated heterocycles. The highest BCUT2D eigenvalue weighted by atomic mass is 35.5. The molecule has 2 heterocycles. The van der Waals surface area contributed by atoms with Crippen molar-refractivity contribution in [2.24, 2.45) is 0 Å². The topological polar surface area (TPSA) is 56.1 Å². The Morgan fingerprint density at radius 3 is 2.79 bits per heavy atom. The molecule has 0 unspecified atom stereocenters. The second-order valence-corrected chi connectivity index (χ2v) is 7.04. The molecular weight excluding hydrogens is 381 g/mol. The summed E-state index contributed by atoms with van der Waals surface area (Å²) in [5.41, 5.74) is 2.76. The summed E-state index contributed by atoms with van der Waals surface area (Å²) in [6, 6.07) is 13.2. The lowest BCUT2D eigenvalue weighted by molar-refractivity contribution is 0.0277. The molecule has 5 nitrogen and oxygen atoms in total. The third-order valence-corrected chi connectivity index (χ3v) is 5.05. The van der Waals surface area contributed by atoms with Gasteiger partial charge in [-0.3, -0.25) is 4.79 Å². The monoisotopic (exact) mass is 399 g/mol. The summed E-state index contributed by atoms with van der Waals surface area (Å²) in [7, 11) is 0. The van der Waals surface area contributed by atoms with Gasteiger partial charge in [0, 0.05) is 30.7 Å². The molecule has 0 aliphatic carbocycles. The third-order valence-electron chi connectivity index (χ3n) is 4.69. The zero-order valence-electron chi connectivity index (χ0n) is 15.1. The summed E-state index contributed by atoms with van der Waals surface area (Å²) in [6.45, 7) is 2.26. The Balaban J connectivity index is 1.47. The van der Waals surface area contributed by atoms with Crippen LogP contribution < -0.4 is 5.32 Å². The number of ketones is 1. The number of aromatic nitrogens is 2. The first-order chi connectivity index (χ1) is 13.6. The maximum Gasteiger partial charge on any atom is 0.187 e. The number of rotatable bonds is 5. The van der Waals surface area contributed by atoms with Gasteiger partial charge in [0.25, 0.3) is 0 Å². The van der Waals surface area contributed by atoms with Gasteiger partial charge in [-0.05, 0) is 47.5 Å². The average molecular weight is 400 g/mol. The van der Waals surface area contributed by atoms with E-state index in [0.29, 0.717) is 23.0 Å². The van der Waals surface area contributed by atoms with Crippen molar-refractivity contribution in [2.45, 2.75) is 12.5 Å². The second-order valence-electron chi connectivity index (χ2n) is 6.64. The van der Waals surface area contributed by atoms with Crippen LogP contribution in [0.25, 0.3) is 5.69 Å². The van der Waals surface area contributed by atoms with Gasteiger partial charge in [0.05, 0.1) is 18.4 Å². The van der Waals surface area contributed by atoms with Gasteiger partial charge < -0.3 is 10.1 Å². The van der Waals surface area contributed by atoms with Crippen molar-refractivity contribution in [1.29, 1.82) is 0 Å². The fourth-order valence-corrected chi connectivity index (χ4v) is 3.42. The van der Waals surface area contributed by atoms with Gasteiger partial charge in [-0.1, -0.05) is 23.7 Å². The number of hydrogen-bond acceptors (Lipinski definition) is 4. The highest BCUT2D eigenvalue weighted by Gasteiger charge is 2.18. The molecule has 1 aromatic heterocycles. The first-order valence-corrected chi connectivity index (χ1v) is 9.43. The maximum atomic E-state index is 13.1. The molecule has 4 rings (SSSR count). The van der Waals surface area contributed by atoms with Crippen molar-refractivity contribution >= 4 is 17.4 Å². The van der Waals surface area contributed by atoms with Gasteiger partial charge in [0.1, 0.15) is 11.5 Å². The summed E-state index contributed by atoms with van der Waals surface area (Å²) in [4.78, 5) is 12.6. The van der Waals surface area contributed by atoms with E-state index in [-0.39, 0.29) is 24.1 Å². The Hall–Kier alpha value is -2.54. The smallest absolute Gasteiger partial charge is 0.187 e. The van der Waals surface area contributed by atoms with Crippen LogP contribution in [0.5, 0.6) is 0 Å². The molecule has 7 heteroatoms. The number of nitrogens with one attached hydrogen (secondary N) is 1. The molecule has 0 saturated carbocycles. The lowest BCUT2D eigenvalue weighted by atomic mass is 10.0. The van der Waals surface area contributed by atoms with Gasteiger partial charge in [0.15, 0.2) is 5.78 Å². The second kappa shape index (κ2) is 8.22. The van der Waals surface area contributed by atoms with E-state index in [9.17, 15) is 9.18 Å². The fourth-order valence-electron chi connectivity index (χ4n) is 3.16. The minimum absolute atomic E-state index is 0.0255. The van der Waals surface area contributed by atoms with E-state index >= 15 is 0 Å². The number of ether oxygens (including phenoxy) is 1. The quantitative estimate of drug-likeness (QED) is 0.664. The van der Waals surface area contributed by atoms with Crippen molar-refractivity contribution < 1.29 is 13.9 Å². The van der Waals surface area contributed by atoms with Crippen LogP contribution in [0.15, 0.2) is 54.7 Å². The van der Waals surface area contributed by atoms with Crippen LogP contribution in [0.3, 0.4) is 0 Å². The number of hydrogen-bond donors (Lipinski definition) is 1. The molecule has 1 aliphatic heterocycles. The first kappa shape index (κ1) is 18.8. The van der Waals surface area contributed by atoms with Crippen LogP contribution in [-0.2, 0) is 11.2 Å². The minimum atomic E-state index is -0.320. The molecular formula is C21H19ClFN3O2. The van der Waals surface area contributed by atoms with Gasteiger partial charge in [0.2, 0.25) is 0 Å². The Morgan fingerprint density at radius 2 is 2.07 bits per heavy atom. The molecule has 1 aliphatic rings. The van der Waals surface area contributed by atoms with Crippen molar-refractivity contribution in [2.75, 3.05) is 19.7 Å². The number of halogens is 2. The largest absolute Gasteiger partial charge is 0.371 e. The van der Waals surface area contributed by atoms with E-state index in [4.69, 9.17) is 16.3 Å². The van der Waals surface area contributed by atoms with Crippen molar-refractivity contribution in [1.82, 2.24) is 15.1 Å². The number of carbonyl (C=O) groups is 1. The molecule has 144 valence electrons. The molecule has 1 fully saturated rings. The Morgan fingerprint density at radius 1 is 1.25 bits per heavy atom. The molecule has 0 amide bonds. The molecule has 28 heavy (non-hydrogen) atoms. The molecule has 1 N–H and O–H groups in total. The standard InChI is InChI=1S/C21H19ClFN3O2/c22-18-11-15(21-13-24-8-10-28-21)2-1-14(18)12-20(27)19-7-9-26(25-19)17-5-3-16(23)4-6-17/h1-7,9,11,21,24H,8,10,12-13H2/t21-/m1/s1. The van der Waals surface area contributed by atoms with Crippen molar-refractivity contribution in [3.8, 4) is 5.69 Å². The van der Waals surface area contributed by atoms with E-state index in [2.05, 4.69) is 10.4 Å². The number of Topliss-reactive ketones (excluding diaryl/α,β-unsaturated/α-hetero) is 1. The Bertz CT molecular complexity index is 982. The van der Waals surface area contributed by atoms with E-state index in [1.54, 1.807) is 29.1 Å². The summed E-state index contributed by atoms with van der Waals surface area (Å²) in [6.07, 6.45) is 1.81. The predicted octanol–water partition coefficient (Wildman–Crippen LogP) is 3.75. The van der Waals surface area contributed by atoms with E-state index < -0.39 is 0 Å².